The van der Waals surface area contributed by atoms with Gasteiger partial charge in [-0.1, -0.05) is 12.1 Å². The number of carbonyl (C=O) groups is 2. The van der Waals surface area contributed by atoms with Crippen molar-refractivity contribution in [2.24, 2.45) is 0 Å². The molecule has 0 spiro atoms. The van der Waals surface area contributed by atoms with Crippen LogP contribution in [0.4, 0.5) is 15.3 Å². The summed E-state index contributed by atoms with van der Waals surface area (Å²) in [5.74, 6) is 0. The lowest BCUT2D eigenvalue weighted by molar-refractivity contribution is 0.152. The quantitative estimate of drug-likeness (QED) is 0.839. The van der Waals surface area contributed by atoms with Crippen LogP contribution in [0.3, 0.4) is 0 Å². The first kappa shape index (κ1) is 15.8. The van der Waals surface area contributed by atoms with Crippen LogP contribution < -0.4 is 10.6 Å². The normalized spacial score (nSPS) is 9.70. The molecule has 1 aromatic rings. The number of alkyl carbamates (subject to hydrolysis) is 1. The number of benzene rings is 1. The van der Waals surface area contributed by atoms with Gasteiger partial charge in [-0.15, -0.1) is 0 Å². The van der Waals surface area contributed by atoms with E-state index in [0.29, 0.717) is 31.9 Å². The second-order valence-corrected chi connectivity index (χ2v) is 3.94. The van der Waals surface area contributed by atoms with Crippen LogP contribution in [-0.2, 0) is 15.9 Å². The SMILES string of the molecule is CCOC(=O)NCCc1ccc(NC(=O)OCC)cc1. The Hall–Kier alpha value is -2.24. The molecule has 0 saturated heterocycles. The topological polar surface area (TPSA) is 76.7 Å². The van der Waals surface area contributed by atoms with Gasteiger partial charge in [0.05, 0.1) is 13.2 Å². The third-order valence-corrected chi connectivity index (χ3v) is 2.43. The molecule has 1 aromatic carbocycles. The van der Waals surface area contributed by atoms with E-state index in [4.69, 9.17) is 9.47 Å². The number of carbonyl (C=O) groups excluding carboxylic acids is 2. The molecule has 0 unspecified atom stereocenters. The minimum atomic E-state index is -0.468. The van der Waals surface area contributed by atoms with Crippen LogP contribution in [0, 0.1) is 0 Å². The number of ether oxygens (including phenoxy) is 2. The molecule has 6 nitrogen and oxygen atoms in total. The summed E-state index contributed by atoms with van der Waals surface area (Å²) in [5.41, 5.74) is 1.72. The van der Waals surface area contributed by atoms with Crippen LogP contribution in [0.5, 0.6) is 0 Å². The molecule has 0 radical (unpaired) electrons. The minimum absolute atomic E-state index is 0.337. The number of amides is 2. The van der Waals surface area contributed by atoms with E-state index in [2.05, 4.69) is 10.6 Å². The highest BCUT2D eigenvalue weighted by Gasteiger charge is 2.02. The summed E-state index contributed by atoms with van der Waals surface area (Å²) >= 11 is 0. The molecule has 2 amide bonds. The molecule has 0 aliphatic heterocycles. The number of rotatable bonds is 6. The highest BCUT2D eigenvalue weighted by molar-refractivity contribution is 5.84. The first-order valence-corrected chi connectivity index (χ1v) is 6.59. The summed E-state index contributed by atoms with van der Waals surface area (Å²) < 4.78 is 9.53. The second-order valence-electron chi connectivity index (χ2n) is 3.94. The van der Waals surface area contributed by atoms with E-state index in [-0.39, 0.29) is 0 Å². The van der Waals surface area contributed by atoms with Crippen LogP contribution in [-0.4, -0.2) is 31.9 Å². The van der Waals surface area contributed by atoms with Crippen molar-refractivity contribution >= 4 is 17.9 Å². The van der Waals surface area contributed by atoms with Gasteiger partial charge in [-0.05, 0) is 38.0 Å². The first-order chi connectivity index (χ1) is 9.65. The average Bonchev–Trinajstić information content (AvgIpc) is 2.41. The lowest BCUT2D eigenvalue weighted by atomic mass is 10.1. The van der Waals surface area contributed by atoms with Crippen molar-refractivity contribution in [3.05, 3.63) is 29.8 Å². The summed E-state index contributed by atoms with van der Waals surface area (Å²) in [6.07, 6.45) is -0.185. The van der Waals surface area contributed by atoms with E-state index >= 15 is 0 Å². The maximum atomic E-state index is 11.2. The molecular weight excluding hydrogens is 260 g/mol. The van der Waals surface area contributed by atoms with Gasteiger partial charge in [0.15, 0.2) is 0 Å². The minimum Gasteiger partial charge on any atom is -0.450 e. The number of hydrogen-bond acceptors (Lipinski definition) is 4. The molecule has 0 fully saturated rings. The van der Waals surface area contributed by atoms with Crippen molar-refractivity contribution in [3.8, 4) is 0 Å². The molecule has 0 saturated carbocycles. The third kappa shape index (κ3) is 6.08. The standard InChI is InChI=1S/C14H20N2O4/c1-3-19-13(17)15-10-9-11-5-7-12(8-6-11)16-14(18)20-4-2/h5-8H,3-4,9-10H2,1-2H3,(H,15,17)(H,16,18). The zero-order valence-corrected chi connectivity index (χ0v) is 11.8. The molecule has 20 heavy (non-hydrogen) atoms. The Balaban J connectivity index is 2.35. The summed E-state index contributed by atoms with van der Waals surface area (Å²) in [4.78, 5) is 22.3. The van der Waals surface area contributed by atoms with Crippen LogP contribution >= 0.6 is 0 Å². The Labute approximate surface area is 118 Å². The van der Waals surface area contributed by atoms with Gasteiger partial charge in [-0.2, -0.15) is 0 Å². The van der Waals surface area contributed by atoms with Gasteiger partial charge in [0.25, 0.3) is 0 Å². The van der Waals surface area contributed by atoms with Crippen LogP contribution in [0.1, 0.15) is 19.4 Å². The molecule has 110 valence electrons. The predicted molar refractivity (Wildman–Crippen MR) is 75.8 cm³/mol. The Bertz CT molecular complexity index is 431. The fourth-order valence-electron chi connectivity index (χ4n) is 1.53. The van der Waals surface area contributed by atoms with E-state index < -0.39 is 12.2 Å². The Morgan fingerprint density at radius 2 is 1.60 bits per heavy atom. The van der Waals surface area contributed by atoms with E-state index in [1.165, 1.54) is 0 Å². The zero-order chi connectivity index (χ0) is 14.8. The second kappa shape index (κ2) is 8.79. The molecule has 0 heterocycles. The molecular formula is C14H20N2O4. The van der Waals surface area contributed by atoms with E-state index in [1.807, 2.05) is 12.1 Å². The van der Waals surface area contributed by atoms with Gasteiger partial charge >= 0.3 is 12.2 Å². The number of nitrogens with one attached hydrogen (secondary N) is 2. The molecule has 2 N–H and O–H groups in total. The van der Waals surface area contributed by atoms with Gasteiger partial charge < -0.3 is 14.8 Å². The van der Waals surface area contributed by atoms with Crippen molar-refractivity contribution in [3.63, 3.8) is 0 Å². The summed E-state index contributed by atoms with van der Waals surface area (Å²) in [7, 11) is 0. The highest BCUT2D eigenvalue weighted by Crippen LogP contribution is 2.10. The van der Waals surface area contributed by atoms with Crippen molar-refractivity contribution in [1.82, 2.24) is 5.32 Å². The fraction of sp³-hybridized carbons (Fsp3) is 0.429. The first-order valence-electron chi connectivity index (χ1n) is 6.59. The maximum absolute atomic E-state index is 11.2. The van der Waals surface area contributed by atoms with Crippen molar-refractivity contribution in [2.75, 3.05) is 25.1 Å². The largest absolute Gasteiger partial charge is 0.450 e. The van der Waals surface area contributed by atoms with Crippen LogP contribution in [0.15, 0.2) is 24.3 Å². The Morgan fingerprint density at radius 3 is 2.20 bits per heavy atom. The lowest BCUT2D eigenvalue weighted by Crippen LogP contribution is -2.26. The van der Waals surface area contributed by atoms with E-state index in [9.17, 15) is 9.59 Å². The van der Waals surface area contributed by atoms with Crippen molar-refractivity contribution < 1.29 is 19.1 Å². The van der Waals surface area contributed by atoms with Gasteiger partial charge in [-0.3, -0.25) is 5.32 Å². The van der Waals surface area contributed by atoms with Crippen molar-refractivity contribution in [2.45, 2.75) is 20.3 Å². The molecule has 6 heteroatoms. The maximum Gasteiger partial charge on any atom is 0.411 e. The molecule has 0 atom stereocenters. The van der Waals surface area contributed by atoms with Gasteiger partial charge in [0.2, 0.25) is 0 Å². The number of hydrogen-bond donors (Lipinski definition) is 2. The van der Waals surface area contributed by atoms with Gasteiger partial charge in [0, 0.05) is 12.2 Å². The van der Waals surface area contributed by atoms with Crippen LogP contribution in [0.2, 0.25) is 0 Å². The summed E-state index contributed by atoms with van der Waals surface area (Å²) in [6.45, 7) is 4.71. The van der Waals surface area contributed by atoms with E-state index in [1.54, 1.807) is 26.0 Å². The third-order valence-electron chi connectivity index (χ3n) is 2.43. The molecule has 0 aromatic heterocycles. The Morgan fingerprint density at radius 1 is 1.00 bits per heavy atom. The van der Waals surface area contributed by atoms with Gasteiger partial charge in [-0.25, -0.2) is 9.59 Å². The monoisotopic (exact) mass is 280 g/mol. The van der Waals surface area contributed by atoms with E-state index in [0.717, 1.165) is 5.56 Å². The van der Waals surface area contributed by atoms with Gasteiger partial charge in [0.1, 0.15) is 0 Å². The fourth-order valence-corrected chi connectivity index (χ4v) is 1.53. The molecule has 1 rings (SSSR count). The van der Waals surface area contributed by atoms with Crippen LogP contribution in [0.25, 0.3) is 0 Å². The molecule has 0 bridgehead atoms. The Kier molecular flexibility index (Phi) is 6.95. The highest BCUT2D eigenvalue weighted by atomic mass is 16.5. The lowest BCUT2D eigenvalue weighted by Gasteiger charge is -2.07. The zero-order valence-electron chi connectivity index (χ0n) is 11.8. The average molecular weight is 280 g/mol. The summed E-state index contributed by atoms with van der Waals surface area (Å²) in [6, 6.07) is 7.34. The molecule has 0 aliphatic carbocycles. The van der Waals surface area contributed by atoms with Crippen molar-refractivity contribution in [1.29, 1.82) is 0 Å². The predicted octanol–water partition coefficient (Wildman–Crippen LogP) is 2.54. The number of anilines is 1. The summed E-state index contributed by atoms with van der Waals surface area (Å²) in [5, 5.41) is 5.25. The smallest absolute Gasteiger partial charge is 0.411 e. The molecule has 0 aliphatic rings.